The highest BCUT2D eigenvalue weighted by Gasteiger charge is 2.25. The van der Waals surface area contributed by atoms with Crippen LogP contribution in [-0.4, -0.2) is 16.1 Å². The molecule has 0 aliphatic heterocycles. The molecule has 1 aromatic rings. The molecule has 2 rings (SSSR count). The number of nitrogens with zero attached hydrogens (tertiary/aromatic N) is 2. The minimum atomic E-state index is 0.252. The monoisotopic (exact) mass is 221 g/mol. The minimum absolute atomic E-state index is 0.252. The van der Waals surface area contributed by atoms with Crippen molar-refractivity contribution in [1.82, 2.24) is 9.97 Å². The lowest BCUT2D eigenvalue weighted by Crippen LogP contribution is -2.29. The Kier molecular flexibility index (Phi) is 3.27. The molecule has 0 amide bonds. The summed E-state index contributed by atoms with van der Waals surface area (Å²) < 4.78 is 5.77. The molecule has 4 heteroatoms. The summed E-state index contributed by atoms with van der Waals surface area (Å²) >= 11 is 0. The zero-order chi connectivity index (χ0) is 11.5. The highest BCUT2D eigenvalue weighted by molar-refractivity contribution is 5.30. The van der Waals surface area contributed by atoms with E-state index < -0.39 is 0 Å². The molecule has 16 heavy (non-hydrogen) atoms. The van der Waals surface area contributed by atoms with E-state index in [0.29, 0.717) is 11.7 Å². The molecular weight excluding hydrogens is 202 g/mol. The van der Waals surface area contributed by atoms with Crippen LogP contribution >= 0.6 is 0 Å². The van der Waals surface area contributed by atoms with Crippen LogP contribution in [-0.2, 0) is 0 Å². The molecule has 0 bridgehead atoms. The van der Waals surface area contributed by atoms with E-state index in [1.165, 1.54) is 6.42 Å². The maximum Gasteiger partial charge on any atom is 0.316 e. The van der Waals surface area contributed by atoms with Crippen LogP contribution in [0.5, 0.6) is 6.01 Å². The lowest BCUT2D eigenvalue weighted by atomic mass is 9.82. The van der Waals surface area contributed by atoms with Gasteiger partial charge < -0.3 is 10.5 Å². The summed E-state index contributed by atoms with van der Waals surface area (Å²) in [6.45, 7) is 4.55. The molecule has 2 unspecified atom stereocenters. The van der Waals surface area contributed by atoms with Crippen LogP contribution in [0.4, 0.5) is 5.69 Å². The Labute approximate surface area is 96.2 Å². The third-order valence-electron chi connectivity index (χ3n) is 3.06. The summed E-state index contributed by atoms with van der Waals surface area (Å²) in [6.07, 6.45) is 6.90. The Hall–Kier alpha value is -1.32. The van der Waals surface area contributed by atoms with E-state index in [1.807, 2.05) is 0 Å². The van der Waals surface area contributed by atoms with Crippen molar-refractivity contribution < 1.29 is 4.74 Å². The van der Waals surface area contributed by atoms with E-state index >= 15 is 0 Å². The van der Waals surface area contributed by atoms with E-state index in [4.69, 9.17) is 10.5 Å². The van der Waals surface area contributed by atoms with Gasteiger partial charge in [0, 0.05) is 0 Å². The van der Waals surface area contributed by atoms with Crippen molar-refractivity contribution in [2.24, 2.45) is 11.8 Å². The molecule has 1 heterocycles. The van der Waals surface area contributed by atoms with Crippen LogP contribution in [0, 0.1) is 11.8 Å². The third kappa shape index (κ3) is 2.84. The smallest absolute Gasteiger partial charge is 0.316 e. The number of rotatable bonds is 2. The van der Waals surface area contributed by atoms with Gasteiger partial charge in [0.15, 0.2) is 0 Å². The number of aromatic nitrogens is 2. The highest BCUT2D eigenvalue weighted by Crippen LogP contribution is 2.30. The summed E-state index contributed by atoms with van der Waals surface area (Å²) in [7, 11) is 0. The van der Waals surface area contributed by atoms with Gasteiger partial charge in [-0.2, -0.15) is 0 Å². The molecule has 88 valence electrons. The molecule has 1 saturated carbocycles. The molecule has 0 spiro atoms. The number of hydrogen-bond acceptors (Lipinski definition) is 4. The van der Waals surface area contributed by atoms with Gasteiger partial charge in [0.1, 0.15) is 6.10 Å². The molecular formula is C12H19N3O. The summed E-state index contributed by atoms with van der Waals surface area (Å²) in [4.78, 5) is 8.13. The predicted molar refractivity (Wildman–Crippen MR) is 63.0 cm³/mol. The van der Waals surface area contributed by atoms with Gasteiger partial charge in [-0.1, -0.05) is 13.8 Å². The van der Waals surface area contributed by atoms with Crippen LogP contribution in [0.1, 0.15) is 33.1 Å². The predicted octanol–water partition coefficient (Wildman–Crippen LogP) is 2.26. The average Bonchev–Trinajstić information content (AvgIpc) is 2.20. The zero-order valence-electron chi connectivity index (χ0n) is 9.89. The standard InChI is InChI=1S/C12H19N3O/c1-8-3-9(2)5-11(4-8)16-12-14-6-10(13)7-15-12/h6-9,11H,3-5,13H2,1-2H3. The van der Waals surface area contributed by atoms with Crippen LogP contribution in [0.25, 0.3) is 0 Å². The maximum atomic E-state index is 5.77. The molecule has 1 aliphatic carbocycles. The van der Waals surface area contributed by atoms with Gasteiger partial charge in [-0.05, 0) is 31.1 Å². The van der Waals surface area contributed by atoms with Gasteiger partial charge in [0.2, 0.25) is 0 Å². The number of hydrogen-bond donors (Lipinski definition) is 1. The lowest BCUT2D eigenvalue weighted by molar-refractivity contribution is 0.0920. The van der Waals surface area contributed by atoms with Crippen LogP contribution in [0.3, 0.4) is 0 Å². The Morgan fingerprint density at radius 1 is 1.12 bits per heavy atom. The van der Waals surface area contributed by atoms with E-state index in [-0.39, 0.29) is 6.10 Å². The number of anilines is 1. The van der Waals surface area contributed by atoms with Crippen molar-refractivity contribution >= 4 is 5.69 Å². The lowest BCUT2D eigenvalue weighted by Gasteiger charge is -2.30. The average molecular weight is 221 g/mol. The van der Waals surface area contributed by atoms with E-state index in [2.05, 4.69) is 23.8 Å². The third-order valence-corrected chi connectivity index (χ3v) is 3.06. The number of ether oxygens (including phenoxy) is 1. The van der Waals surface area contributed by atoms with Crippen LogP contribution < -0.4 is 10.5 Å². The molecule has 1 aliphatic rings. The first-order valence-electron chi connectivity index (χ1n) is 5.87. The fourth-order valence-electron chi connectivity index (χ4n) is 2.51. The van der Waals surface area contributed by atoms with Crippen molar-refractivity contribution in [1.29, 1.82) is 0 Å². The quantitative estimate of drug-likeness (QED) is 0.832. The molecule has 2 N–H and O–H groups in total. The molecule has 4 nitrogen and oxygen atoms in total. The minimum Gasteiger partial charge on any atom is -0.460 e. The molecule has 0 radical (unpaired) electrons. The van der Waals surface area contributed by atoms with Crippen molar-refractivity contribution in [3.63, 3.8) is 0 Å². The second-order valence-corrected chi connectivity index (χ2v) is 4.96. The Balaban J connectivity index is 1.96. The summed E-state index contributed by atoms with van der Waals surface area (Å²) in [6, 6.07) is 0.445. The number of nitrogen functional groups attached to an aromatic ring is 1. The molecule has 2 atom stereocenters. The summed E-state index contributed by atoms with van der Waals surface area (Å²) in [5.41, 5.74) is 6.09. The van der Waals surface area contributed by atoms with Gasteiger partial charge in [-0.15, -0.1) is 0 Å². The zero-order valence-corrected chi connectivity index (χ0v) is 9.89. The van der Waals surface area contributed by atoms with Crippen molar-refractivity contribution in [3.05, 3.63) is 12.4 Å². The van der Waals surface area contributed by atoms with Crippen molar-refractivity contribution in [3.8, 4) is 6.01 Å². The first-order valence-corrected chi connectivity index (χ1v) is 5.87. The van der Waals surface area contributed by atoms with Gasteiger partial charge in [0.25, 0.3) is 0 Å². The van der Waals surface area contributed by atoms with Crippen LogP contribution in [0.15, 0.2) is 12.4 Å². The summed E-state index contributed by atoms with van der Waals surface area (Å²) in [5, 5.41) is 0. The van der Waals surface area contributed by atoms with Gasteiger partial charge >= 0.3 is 6.01 Å². The normalized spacial score (nSPS) is 30.0. The van der Waals surface area contributed by atoms with Gasteiger partial charge in [0.05, 0.1) is 18.1 Å². The SMILES string of the molecule is CC1CC(C)CC(Oc2ncc(N)cn2)C1. The number of nitrogens with two attached hydrogens (primary N) is 1. The second-order valence-electron chi connectivity index (χ2n) is 4.96. The summed E-state index contributed by atoms with van der Waals surface area (Å²) in [5.74, 6) is 1.45. The Morgan fingerprint density at radius 2 is 1.69 bits per heavy atom. The van der Waals surface area contributed by atoms with Gasteiger partial charge in [-0.25, -0.2) is 9.97 Å². The Bertz CT molecular complexity index is 329. The molecule has 1 aromatic heterocycles. The second kappa shape index (κ2) is 4.68. The molecule has 0 aromatic carbocycles. The van der Waals surface area contributed by atoms with Crippen LogP contribution in [0.2, 0.25) is 0 Å². The largest absolute Gasteiger partial charge is 0.460 e. The fourth-order valence-corrected chi connectivity index (χ4v) is 2.51. The maximum absolute atomic E-state index is 5.77. The highest BCUT2D eigenvalue weighted by atomic mass is 16.5. The Morgan fingerprint density at radius 3 is 2.25 bits per heavy atom. The van der Waals surface area contributed by atoms with Crippen molar-refractivity contribution in [2.45, 2.75) is 39.2 Å². The molecule has 0 saturated heterocycles. The van der Waals surface area contributed by atoms with E-state index in [1.54, 1.807) is 12.4 Å². The van der Waals surface area contributed by atoms with E-state index in [9.17, 15) is 0 Å². The topological polar surface area (TPSA) is 61.0 Å². The van der Waals surface area contributed by atoms with E-state index in [0.717, 1.165) is 24.7 Å². The first kappa shape index (κ1) is 11.2. The van der Waals surface area contributed by atoms with Gasteiger partial charge in [-0.3, -0.25) is 0 Å². The first-order chi connectivity index (χ1) is 7.63. The molecule has 1 fully saturated rings. The van der Waals surface area contributed by atoms with Crippen molar-refractivity contribution in [2.75, 3.05) is 5.73 Å². The fraction of sp³-hybridized carbons (Fsp3) is 0.667.